The van der Waals surface area contributed by atoms with Crippen molar-refractivity contribution < 1.29 is 28.6 Å². The van der Waals surface area contributed by atoms with Crippen LogP contribution >= 0.6 is 0 Å². The van der Waals surface area contributed by atoms with Crippen LogP contribution in [0.5, 0.6) is 11.5 Å². The number of rotatable bonds is 8. The molecule has 0 spiro atoms. The standard InChI is InChI=1S/C25H30N4O6/c1-6-13-29-15(2)21(23(30)35-5)22(28-25(29)32)16-7-9-17(10-8-16)26-24(31)27-19-12-11-18(33-3)14-20(19)34-4/h7-12,14,22H,6,13H2,1-5H3,(H,28,32)(H2,26,27,31). The lowest BCUT2D eigenvalue weighted by atomic mass is 9.94. The van der Waals surface area contributed by atoms with Gasteiger partial charge in [0.25, 0.3) is 0 Å². The molecule has 3 rings (SSSR count). The molecule has 186 valence electrons. The van der Waals surface area contributed by atoms with E-state index >= 15 is 0 Å². The molecule has 1 heterocycles. The van der Waals surface area contributed by atoms with E-state index in [-0.39, 0.29) is 6.03 Å². The number of carbonyl (C=O) groups is 3. The van der Waals surface area contributed by atoms with Gasteiger partial charge in [-0.25, -0.2) is 14.4 Å². The van der Waals surface area contributed by atoms with Crippen LogP contribution in [0.1, 0.15) is 31.9 Å². The number of hydrogen-bond acceptors (Lipinski definition) is 6. The number of hydrogen-bond donors (Lipinski definition) is 3. The van der Waals surface area contributed by atoms with Gasteiger partial charge in [0, 0.05) is 24.0 Å². The Morgan fingerprint density at radius 2 is 1.74 bits per heavy atom. The maximum Gasteiger partial charge on any atom is 0.337 e. The zero-order valence-electron chi connectivity index (χ0n) is 20.4. The first-order valence-electron chi connectivity index (χ1n) is 11.1. The lowest BCUT2D eigenvalue weighted by Crippen LogP contribution is -2.48. The Morgan fingerprint density at radius 3 is 2.34 bits per heavy atom. The summed E-state index contributed by atoms with van der Waals surface area (Å²) in [4.78, 5) is 39.3. The molecule has 2 aromatic rings. The summed E-state index contributed by atoms with van der Waals surface area (Å²) in [6.45, 7) is 4.18. The van der Waals surface area contributed by atoms with Gasteiger partial charge >= 0.3 is 18.0 Å². The molecule has 1 atom stereocenters. The van der Waals surface area contributed by atoms with Gasteiger partial charge in [-0.15, -0.1) is 0 Å². The van der Waals surface area contributed by atoms with E-state index < -0.39 is 18.0 Å². The van der Waals surface area contributed by atoms with Crippen LogP contribution in [0, 0.1) is 0 Å². The van der Waals surface area contributed by atoms with Crippen LogP contribution in [0.15, 0.2) is 53.7 Å². The van der Waals surface area contributed by atoms with E-state index in [1.807, 2.05) is 6.92 Å². The number of allylic oxidation sites excluding steroid dienone is 1. The van der Waals surface area contributed by atoms with Crippen LogP contribution in [-0.2, 0) is 9.53 Å². The number of benzene rings is 2. The number of amides is 4. The molecule has 1 aliphatic heterocycles. The second-order valence-electron chi connectivity index (χ2n) is 7.79. The van der Waals surface area contributed by atoms with Gasteiger partial charge in [-0.1, -0.05) is 19.1 Å². The van der Waals surface area contributed by atoms with Crippen LogP contribution < -0.4 is 25.4 Å². The van der Waals surface area contributed by atoms with Crippen molar-refractivity contribution in [1.82, 2.24) is 10.2 Å². The average molecular weight is 483 g/mol. The maximum absolute atomic E-state index is 12.7. The van der Waals surface area contributed by atoms with Gasteiger partial charge in [-0.2, -0.15) is 0 Å². The lowest BCUT2D eigenvalue weighted by Gasteiger charge is -2.35. The van der Waals surface area contributed by atoms with Gasteiger partial charge < -0.3 is 30.2 Å². The van der Waals surface area contributed by atoms with E-state index in [0.717, 1.165) is 6.42 Å². The third kappa shape index (κ3) is 5.65. The van der Waals surface area contributed by atoms with Gasteiger partial charge in [-0.05, 0) is 43.2 Å². The first-order valence-corrected chi connectivity index (χ1v) is 11.1. The zero-order chi connectivity index (χ0) is 25.5. The topological polar surface area (TPSA) is 118 Å². The third-order valence-corrected chi connectivity index (χ3v) is 5.61. The van der Waals surface area contributed by atoms with E-state index in [0.29, 0.717) is 46.3 Å². The molecule has 4 amide bonds. The Balaban J connectivity index is 1.77. The largest absolute Gasteiger partial charge is 0.497 e. The number of methoxy groups -OCH3 is 3. The lowest BCUT2D eigenvalue weighted by molar-refractivity contribution is -0.136. The summed E-state index contributed by atoms with van der Waals surface area (Å²) in [5.41, 5.74) is 2.60. The van der Waals surface area contributed by atoms with Crippen LogP contribution in [0.2, 0.25) is 0 Å². The molecular weight excluding hydrogens is 452 g/mol. The Labute approximate surface area is 204 Å². The smallest absolute Gasteiger partial charge is 0.337 e. The molecular formula is C25H30N4O6. The first kappa shape index (κ1) is 25.4. The molecule has 0 bridgehead atoms. The van der Waals surface area contributed by atoms with Gasteiger partial charge in [-0.3, -0.25) is 4.90 Å². The molecule has 0 fully saturated rings. The summed E-state index contributed by atoms with van der Waals surface area (Å²) < 4.78 is 15.4. The summed E-state index contributed by atoms with van der Waals surface area (Å²) in [6.07, 6.45) is 0.745. The Kier molecular flexibility index (Phi) is 8.19. The van der Waals surface area contributed by atoms with Crippen LogP contribution in [0.3, 0.4) is 0 Å². The van der Waals surface area contributed by atoms with Crippen LogP contribution in [0.4, 0.5) is 21.0 Å². The predicted octanol–water partition coefficient (Wildman–Crippen LogP) is 4.27. The Morgan fingerprint density at radius 1 is 1.03 bits per heavy atom. The maximum atomic E-state index is 12.7. The summed E-state index contributed by atoms with van der Waals surface area (Å²) >= 11 is 0. The third-order valence-electron chi connectivity index (χ3n) is 5.61. The van der Waals surface area contributed by atoms with Crippen LogP contribution in [0.25, 0.3) is 0 Å². The minimum atomic E-state index is -0.672. The number of carbonyl (C=O) groups excluding carboxylic acids is 3. The number of anilines is 2. The fraction of sp³-hybridized carbons (Fsp3) is 0.320. The molecule has 1 unspecified atom stereocenters. The quantitative estimate of drug-likeness (QED) is 0.484. The van der Waals surface area contributed by atoms with Crippen molar-refractivity contribution in [2.45, 2.75) is 26.3 Å². The molecule has 10 nitrogen and oxygen atoms in total. The van der Waals surface area contributed by atoms with Crippen molar-refractivity contribution in [3.63, 3.8) is 0 Å². The monoisotopic (exact) mass is 482 g/mol. The normalized spacial score (nSPS) is 15.3. The van der Waals surface area contributed by atoms with Crippen molar-refractivity contribution in [2.24, 2.45) is 0 Å². The zero-order valence-corrected chi connectivity index (χ0v) is 20.4. The fourth-order valence-electron chi connectivity index (χ4n) is 3.84. The van der Waals surface area contributed by atoms with Crippen molar-refractivity contribution in [1.29, 1.82) is 0 Å². The second-order valence-corrected chi connectivity index (χ2v) is 7.79. The number of nitrogens with one attached hydrogen (secondary N) is 3. The minimum Gasteiger partial charge on any atom is -0.497 e. The van der Waals surface area contributed by atoms with Crippen molar-refractivity contribution >= 4 is 29.4 Å². The minimum absolute atomic E-state index is 0.281. The van der Waals surface area contributed by atoms with Crippen molar-refractivity contribution in [3.05, 3.63) is 59.3 Å². The van der Waals surface area contributed by atoms with Gasteiger partial charge in [0.2, 0.25) is 0 Å². The molecule has 3 N–H and O–H groups in total. The fourth-order valence-corrected chi connectivity index (χ4v) is 3.84. The highest BCUT2D eigenvalue weighted by Crippen LogP contribution is 2.32. The highest BCUT2D eigenvalue weighted by atomic mass is 16.5. The highest BCUT2D eigenvalue weighted by molar-refractivity contribution is 6.01. The number of esters is 1. The number of urea groups is 2. The first-order chi connectivity index (χ1) is 16.8. The molecule has 0 aliphatic carbocycles. The molecule has 10 heteroatoms. The van der Waals surface area contributed by atoms with E-state index in [9.17, 15) is 14.4 Å². The number of nitrogens with zero attached hydrogens (tertiary/aromatic N) is 1. The summed E-state index contributed by atoms with van der Waals surface area (Å²) in [7, 11) is 4.36. The average Bonchev–Trinajstić information content (AvgIpc) is 2.86. The van der Waals surface area contributed by atoms with Gasteiger partial charge in [0.05, 0.1) is 38.6 Å². The van der Waals surface area contributed by atoms with Crippen LogP contribution in [-0.4, -0.2) is 50.8 Å². The Hall–Kier alpha value is -4.21. The SMILES string of the molecule is CCCN1C(=O)NC(c2ccc(NC(=O)Nc3ccc(OC)cc3OC)cc2)C(C(=O)OC)=C1C. The van der Waals surface area contributed by atoms with Crippen molar-refractivity contribution in [2.75, 3.05) is 38.5 Å². The molecule has 0 saturated heterocycles. The van der Waals surface area contributed by atoms with Gasteiger partial charge in [0.1, 0.15) is 11.5 Å². The Bertz CT molecular complexity index is 1130. The predicted molar refractivity (Wildman–Crippen MR) is 132 cm³/mol. The summed E-state index contributed by atoms with van der Waals surface area (Å²) in [6, 6.07) is 10.5. The van der Waals surface area contributed by atoms with E-state index in [4.69, 9.17) is 14.2 Å². The molecule has 0 saturated carbocycles. The molecule has 0 aromatic heterocycles. The second kappa shape index (κ2) is 11.3. The summed E-state index contributed by atoms with van der Waals surface area (Å²) in [5, 5.41) is 8.37. The molecule has 0 radical (unpaired) electrons. The summed E-state index contributed by atoms with van der Waals surface area (Å²) in [5.74, 6) is 0.549. The highest BCUT2D eigenvalue weighted by Gasteiger charge is 2.35. The van der Waals surface area contributed by atoms with E-state index in [2.05, 4.69) is 16.0 Å². The molecule has 1 aliphatic rings. The van der Waals surface area contributed by atoms with E-state index in [1.54, 1.807) is 56.5 Å². The molecule has 35 heavy (non-hydrogen) atoms. The number of ether oxygens (including phenoxy) is 3. The van der Waals surface area contributed by atoms with Gasteiger partial charge in [0.15, 0.2) is 0 Å². The van der Waals surface area contributed by atoms with E-state index in [1.165, 1.54) is 19.1 Å². The van der Waals surface area contributed by atoms with Crippen molar-refractivity contribution in [3.8, 4) is 11.5 Å². The molecule has 2 aromatic carbocycles.